The molecule has 8 heteroatoms. The van der Waals surface area contributed by atoms with Crippen LogP contribution in [0.4, 0.5) is 18.9 Å². The van der Waals surface area contributed by atoms with Gasteiger partial charge in [-0.2, -0.15) is 13.2 Å². The first-order chi connectivity index (χ1) is 10.9. The lowest BCUT2D eigenvalue weighted by atomic mass is 9.90. The van der Waals surface area contributed by atoms with E-state index in [1.165, 1.54) is 0 Å². The molecule has 5 nitrogen and oxygen atoms in total. The van der Waals surface area contributed by atoms with Crippen molar-refractivity contribution in [1.82, 2.24) is 5.32 Å². The molecule has 0 saturated heterocycles. The van der Waals surface area contributed by atoms with Gasteiger partial charge in [0.25, 0.3) is 0 Å². The number of hydrogen-bond donors (Lipinski definition) is 2. The van der Waals surface area contributed by atoms with Gasteiger partial charge in [-0.1, -0.05) is 18.2 Å². The topological polar surface area (TPSA) is 67.4 Å². The van der Waals surface area contributed by atoms with Crippen LogP contribution in [-0.2, 0) is 14.3 Å². The van der Waals surface area contributed by atoms with Crippen LogP contribution in [0.5, 0.6) is 0 Å². The van der Waals surface area contributed by atoms with Crippen LogP contribution in [0.1, 0.15) is 24.3 Å². The maximum Gasteiger partial charge on any atom is 0.411 e. The van der Waals surface area contributed by atoms with Crippen LogP contribution in [0.2, 0.25) is 0 Å². The van der Waals surface area contributed by atoms with Gasteiger partial charge in [0.15, 0.2) is 0 Å². The summed E-state index contributed by atoms with van der Waals surface area (Å²) in [7, 11) is 0. The highest BCUT2D eigenvalue weighted by Crippen LogP contribution is 2.31. The number of para-hydroxylation sites is 1. The monoisotopic (exact) mass is 330 g/mol. The van der Waals surface area contributed by atoms with Crippen LogP contribution in [-0.4, -0.2) is 37.7 Å². The van der Waals surface area contributed by atoms with Crippen LogP contribution in [0.25, 0.3) is 0 Å². The average Bonchev–Trinajstić information content (AvgIpc) is 2.48. The Balaban J connectivity index is 1.79. The number of alkyl halides is 3. The van der Waals surface area contributed by atoms with Gasteiger partial charge in [-0.3, -0.25) is 9.59 Å². The quantitative estimate of drug-likeness (QED) is 0.786. The molecule has 1 unspecified atom stereocenters. The van der Waals surface area contributed by atoms with E-state index in [-0.39, 0.29) is 37.8 Å². The average molecular weight is 330 g/mol. The Morgan fingerprint density at radius 3 is 2.83 bits per heavy atom. The Bertz CT molecular complexity index is 575. The summed E-state index contributed by atoms with van der Waals surface area (Å²) in [5.41, 5.74) is 1.34. The largest absolute Gasteiger partial charge is 0.411 e. The summed E-state index contributed by atoms with van der Waals surface area (Å²) in [6, 6.07) is 7.03. The molecule has 1 atom stereocenters. The predicted molar refractivity (Wildman–Crippen MR) is 76.9 cm³/mol. The Morgan fingerprint density at radius 1 is 1.35 bits per heavy atom. The summed E-state index contributed by atoms with van der Waals surface area (Å²) in [5.74, 6) is -1.14. The molecule has 0 radical (unpaired) electrons. The van der Waals surface area contributed by atoms with E-state index in [0.29, 0.717) is 5.69 Å². The first-order valence-electron chi connectivity index (χ1n) is 7.18. The lowest BCUT2D eigenvalue weighted by Crippen LogP contribution is -2.35. The van der Waals surface area contributed by atoms with E-state index in [9.17, 15) is 22.8 Å². The van der Waals surface area contributed by atoms with Crippen molar-refractivity contribution in [2.45, 2.75) is 24.9 Å². The minimum atomic E-state index is -4.34. The number of nitrogens with one attached hydrogen (secondary N) is 2. The number of amides is 2. The third-order valence-electron chi connectivity index (χ3n) is 3.35. The number of carbonyl (C=O) groups is 2. The highest BCUT2D eigenvalue weighted by Gasteiger charge is 2.30. The lowest BCUT2D eigenvalue weighted by Gasteiger charge is -2.24. The molecule has 2 amide bonds. The zero-order chi connectivity index (χ0) is 16.9. The molecule has 1 aromatic carbocycles. The highest BCUT2D eigenvalue weighted by molar-refractivity contribution is 6.01. The van der Waals surface area contributed by atoms with E-state index in [2.05, 4.69) is 15.4 Å². The molecule has 1 aliphatic rings. The van der Waals surface area contributed by atoms with E-state index in [0.717, 1.165) is 5.56 Å². The minimum Gasteiger partial charge on any atom is -0.372 e. The van der Waals surface area contributed by atoms with Gasteiger partial charge in [-0.15, -0.1) is 0 Å². The molecule has 0 saturated carbocycles. The summed E-state index contributed by atoms with van der Waals surface area (Å²) in [6.07, 6.45) is -4.03. The molecule has 0 aliphatic carbocycles. The highest BCUT2D eigenvalue weighted by atomic mass is 19.4. The van der Waals surface area contributed by atoms with Gasteiger partial charge in [0, 0.05) is 25.3 Å². The van der Waals surface area contributed by atoms with E-state index >= 15 is 0 Å². The van der Waals surface area contributed by atoms with E-state index < -0.39 is 18.7 Å². The minimum absolute atomic E-state index is 0.0490. The van der Waals surface area contributed by atoms with Gasteiger partial charge in [0.2, 0.25) is 11.8 Å². The lowest BCUT2D eigenvalue weighted by molar-refractivity contribution is -0.174. The molecule has 0 spiro atoms. The van der Waals surface area contributed by atoms with Crippen molar-refractivity contribution in [3.05, 3.63) is 29.8 Å². The van der Waals surface area contributed by atoms with Crippen LogP contribution >= 0.6 is 0 Å². The molecule has 23 heavy (non-hydrogen) atoms. The second-order valence-electron chi connectivity index (χ2n) is 5.20. The normalized spacial score (nSPS) is 17.3. The number of carbonyl (C=O) groups excluding carboxylic acids is 2. The molecular weight excluding hydrogens is 313 g/mol. The summed E-state index contributed by atoms with van der Waals surface area (Å²) in [4.78, 5) is 23.8. The second kappa shape index (κ2) is 7.45. The van der Waals surface area contributed by atoms with Crippen molar-refractivity contribution in [2.24, 2.45) is 0 Å². The number of anilines is 1. The van der Waals surface area contributed by atoms with Crippen LogP contribution in [0.15, 0.2) is 24.3 Å². The van der Waals surface area contributed by atoms with Gasteiger partial charge >= 0.3 is 6.18 Å². The first-order valence-corrected chi connectivity index (χ1v) is 7.18. The molecule has 0 bridgehead atoms. The Hall–Kier alpha value is -2.09. The zero-order valence-electron chi connectivity index (χ0n) is 12.3. The first kappa shape index (κ1) is 17.3. The van der Waals surface area contributed by atoms with E-state index in [1.807, 2.05) is 0 Å². The number of hydrogen-bond acceptors (Lipinski definition) is 3. The second-order valence-corrected chi connectivity index (χ2v) is 5.20. The molecule has 126 valence electrons. The molecule has 0 aromatic heterocycles. The fourth-order valence-corrected chi connectivity index (χ4v) is 2.34. The van der Waals surface area contributed by atoms with Crippen LogP contribution in [0.3, 0.4) is 0 Å². The van der Waals surface area contributed by atoms with Gasteiger partial charge in [0.1, 0.15) is 6.61 Å². The Morgan fingerprint density at radius 2 is 2.09 bits per heavy atom. The number of rotatable bonds is 6. The van der Waals surface area contributed by atoms with Gasteiger partial charge in [0.05, 0.1) is 5.92 Å². The van der Waals surface area contributed by atoms with Crippen LogP contribution in [0, 0.1) is 0 Å². The number of fused-ring (bicyclic) bond motifs is 1. The fourth-order valence-electron chi connectivity index (χ4n) is 2.34. The van der Waals surface area contributed by atoms with Crippen molar-refractivity contribution < 1.29 is 27.5 Å². The summed E-state index contributed by atoms with van der Waals surface area (Å²) in [5, 5.41) is 5.33. The van der Waals surface area contributed by atoms with E-state index in [1.54, 1.807) is 24.3 Å². The van der Waals surface area contributed by atoms with Crippen molar-refractivity contribution in [2.75, 3.05) is 25.1 Å². The predicted octanol–water partition coefficient (Wildman–Crippen LogP) is 2.20. The summed E-state index contributed by atoms with van der Waals surface area (Å²) < 4.78 is 40.1. The Labute approximate surface area is 131 Å². The molecular formula is C15H17F3N2O3. The fraction of sp³-hybridized carbons (Fsp3) is 0.467. The molecule has 2 N–H and O–H groups in total. The zero-order valence-corrected chi connectivity index (χ0v) is 12.3. The van der Waals surface area contributed by atoms with Crippen molar-refractivity contribution in [3.63, 3.8) is 0 Å². The number of benzene rings is 1. The van der Waals surface area contributed by atoms with Crippen molar-refractivity contribution in [3.8, 4) is 0 Å². The molecule has 2 rings (SSSR count). The maximum atomic E-state index is 12.2. The van der Waals surface area contributed by atoms with Gasteiger partial charge in [-0.25, -0.2) is 0 Å². The molecule has 1 aromatic rings. The molecule has 0 fully saturated rings. The summed E-state index contributed by atoms with van der Waals surface area (Å²) >= 11 is 0. The van der Waals surface area contributed by atoms with Crippen molar-refractivity contribution >= 4 is 17.5 Å². The molecule has 1 aliphatic heterocycles. The molecule has 1 heterocycles. The standard InChI is InChI=1S/C15H17F3N2O3/c16-15(17,18)9-23-7-3-6-19-14(22)11-8-13(21)20-12-5-2-1-4-10(11)12/h1-2,4-5,11H,3,6-9H2,(H,19,22)(H,20,21). The van der Waals surface area contributed by atoms with Crippen LogP contribution < -0.4 is 10.6 Å². The third-order valence-corrected chi connectivity index (χ3v) is 3.35. The van der Waals surface area contributed by atoms with Gasteiger partial charge < -0.3 is 15.4 Å². The number of ether oxygens (including phenoxy) is 1. The van der Waals surface area contributed by atoms with E-state index in [4.69, 9.17) is 0 Å². The van der Waals surface area contributed by atoms with Gasteiger partial charge in [-0.05, 0) is 18.1 Å². The SMILES string of the molecule is O=C1CC(C(=O)NCCCOCC(F)(F)F)c2ccccc2N1. The summed E-state index contributed by atoms with van der Waals surface area (Å²) in [6.45, 7) is -1.20. The Kier molecular flexibility index (Phi) is 5.59. The maximum absolute atomic E-state index is 12.2. The van der Waals surface area contributed by atoms with Crippen molar-refractivity contribution in [1.29, 1.82) is 0 Å². The third kappa shape index (κ3) is 5.24. The smallest absolute Gasteiger partial charge is 0.372 e. The number of halogens is 3.